The molecule has 4 heteroatoms. The van der Waals surface area contributed by atoms with Gasteiger partial charge in [0.15, 0.2) is 0 Å². The van der Waals surface area contributed by atoms with E-state index in [2.05, 4.69) is 22.4 Å². The van der Waals surface area contributed by atoms with Crippen molar-refractivity contribution in [2.75, 3.05) is 5.32 Å². The van der Waals surface area contributed by atoms with Crippen molar-refractivity contribution in [3.63, 3.8) is 0 Å². The molecule has 1 amide bonds. The number of benzene rings is 1. The first-order valence-electron chi connectivity index (χ1n) is 7.17. The number of nitrogens with zero attached hydrogens (tertiary/aromatic N) is 1. The highest BCUT2D eigenvalue weighted by Crippen LogP contribution is 2.32. The smallest absolute Gasteiger partial charge is 0.231 e. The number of hydrogen-bond donors (Lipinski definition) is 1. The van der Waals surface area contributed by atoms with Gasteiger partial charge < -0.3 is 5.32 Å². The van der Waals surface area contributed by atoms with Crippen LogP contribution in [0, 0.1) is 6.92 Å². The third kappa shape index (κ3) is 2.93. The molecule has 2 aromatic rings. The molecule has 3 rings (SSSR count). The maximum Gasteiger partial charge on any atom is 0.231 e. The van der Waals surface area contributed by atoms with Gasteiger partial charge in [-0.05, 0) is 49.4 Å². The number of rotatable bonds is 2. The van der Waals surface area contributed by atoms with Crippen molar-refractivity contribution in [3.8, 4) is 0 Å². The molecule has 3 nitrogen and oxygen atoms in total. The molecule has 0 saturated carbocycles. The molecular formula is C17H17ClN2O. The Morgan fingerprint density at radius 3 is 2.90 bits per heavy atom. The number of hydrogen-bond acceptors (Lipinski definition) is 2. The summed E-state index contributed by atoms with van der Waals surface area (Å²) in [7, 11) is 0. The molecule has 0 spiro atoms. The number of aryl methyl sites for hydroxylation is 2. The first kappa shape index (κ1) is 14.1. The number of carbonyl (C=O) groups excluding carboxylic acids is 1. The van der Waals surface area contributed by atoms with E-state index in [1.165, 1.54) is 5.56 Å². The van der Waals surface area contributed by atoms with Gasteiger partial charge in [-0.2, -0.15) is 0 Å². The Labute approximate surface area is 129 Å². The molecule has 1 aromatic heterocycles. The Bertz CT molecular complexity index is 684. The number of anilines is 1. The van der Waals surface area contributed by atoms with Crippen molar-refractivity contribution in [3.05, 3.63) is 58.4 Å². The average molecular weight is 301 g/mol. The highest BCUT2D eigenvalue weighted by atomic mass is 35.5. The molecule has 0 radical (unpaired) electrons. The second kappa shape index (κ2) is 5.86. The van der Waals surface area contributed by atoms with Gasteiger partial charge in [-0.3, -0.25) is 4.79 Å². The summed E-state index contributed by atoms with van der Waals surface area (Å²) in [6.45, 7) is 1.84. The molecule has 1 aliphatic carbocycles. The largest absolute Gasteiger partial charge is 0.324 e. The second-order valence-electron chi connectivity index (χ2n) is 5.40. The van der Waals surface area contributed by atoms with Gasteiger partial charge in [0, 0.05) is 0 Å². The summed E-state index contributed by atoms with van der Waals surface area (Å²) in [5, 5.41) is 3.43. The number of nitrogens with one attached hydrogen (secondary N) is 1. The molecular weight excluding hydrogens is 284 g/mol. The zero-order valence-electron chi connectivity index (χ0n) is 11.9. The fraction of sp³-hybridized carbons (Fsp3) is 0.294. The second-order valence-corrected chi connectivity index (χ2v) is 5.79. The lowest BCUT2D eigenvalue weighted by molar-refractivity contribution is -0.117. The van der Waals surface area contributed by atoms with Gasteiger partial charge in [0.2, 0.25) is 5.91 Å². The van der Waals surface area contributed by atoms with Crippen LogP contribution in [0.1, 0.15) is 35.6 Å². The summed E-state index contributed by atoms with van der Waals surface area (Å²) in [5.41, 5.74) is 3.91. The fourth-order valence-electron chi connectivity index (χ4n) is 2.91. The lowest BCUT2D eigenvalue weighted by Crippen LogP contribution is -2.25. The van der Waals surface area contributed by atoms with Crippen molar-refractivity contribution in [1.82, 2.24) is 4.98 Å². The normalized spacial score (nSPS) is 17.1. The lowest BCUT2D eigenvalue weighted by atomic mass is 9.82. The number of amides is 1. The zero-order chi connectivity index (χ0) is 14.8. The number of halogens is 1. The Balaban J connectivity index is 1.83. The van der Waals surface area contributed by atoms with Crippen molar-refractivity contribution >= 4 is 23.2 Å². The standard InChI is InChI=1S/C17H17ClN2O/c1-11-15(9-10-16(18)19-11)20-17(21)14-8-4-6-12-5-2-3-7-13(12)14/h2-3,5,7,9-10,14H,4,6,8H2,1H3,(H,20,21). The van der Waals surface area contributed by atoms with Crippen LogP contribution < -0.4 is 5.32 Å². The van der Waals surface area contributed by atoms with Gasteiger partial charge >= 0.3 is 0 Å². The van der Waals surface area contributed by atoms with E-state index in [1.807, 2.05) is 19.1 Å². The van der Waals surface area contributed by atoms with Crippen molar-refractivity contribution in [2.45, 2.75) is 32.1 Å². The van der Waals surface area contributed by atoms with Crippen LogP contribution in [0.3, 0.4) is 0 Å². The van der Waals surface area contributed by atoms with E-state index in [4.69, 9.17) is 11.6 Å². The Hall–Kier alpha value is -1.87. The number of carbonyl (C=O) groups is 1. The fourth-order valence-corrected chi connectivity index (χ4v) is 3.10. The summed E-state index contributed by atoms with van der Waals surface area (Å²) in [6, 6.07) is 11.7. The predicted octanol–water partition coefficient (Wildman–Crippen LogP) is 4.10. The van der Waals surface area contributed by atoms with Crippen LogP contribution in [0.4, 0.5) is 5.69 Å². The quantitative estimate of drug-likeness (QED) is 0.848. The molecule has 1 unspecified atom stereocenters. The summed E-state index contributed by atoms with van der Waals surface area (Å²) in [5.74, 6) is -0.0422. The molecule has 1 N–H and O–H groups in total. The zero-order valence-corrected chi connectivity index (χ0v) is 12.7. The minimum Gasteiger partial charge on any atom is -0.324 e. The van der Waals surface area contributed by atoms with Crippen LogP contribution in [0.25, 0.3) is 0 Å². The van der Waals surface area contributed by atoms with E-state index >= 15 is 0 Å². The number of fused-ring (bicyclic) bond motifs is 1. The van der Waals surface area contributed by atoms with Gasteiger partial charge in [0.1, 0.15) is 5.15 Å². The highest BCUT2D eigenvalue weighted by Gasteiger charge is 2.26. The first-order chi connectivity index (χ1) is 10.1. The molecule has 1 heterocycles. The van der Waals surface area contributed by atoms with Crippen molar-refractivity contribution in [2.24, 2.45) is 0 Å². The summed E-state index contributed by atoms with van der Waals surface area (Å²) >= 11 is 5.85. The monoisotopic (exact) mass is 300 g/mol. The lowest BCUT2D eigenvalue weighted by Gasteiger charge is -2.24. The Kier molecular flexibility index (Phi) is 3.93. The van der Waals surface area contributed by atoms with Crippen LogP contribution in [0.2, 0.25) is 5.15 Å². The van der Waals surface area contributed by atoms with E-state index in [0.29, 0.717) is 5.15 Å². The molecule has 1 aliphatic rings. The minimum atomic E-state index is -0.0787. The van der Waals surface area contributed by atoms with E-state index in [1.54, 1.807) is 12.1 Å². The van der Waals surface area contributed by atoms with Crippen molar-refractivity contribution in [1.29, 1.82) is 0 Å². The molecule has 1 aromatic carbocycles. The molecule has 0 fully saturated rings. The predicted molar refractivity (Wildman–Crippen MR) is 84.7 cm³/mol. The minimum absolute atomic E-state index is 0.0365. The van der Waals surface area contributed by atoms with Crippen LogP contribution in [0.5, 0.6) is 0 Å². The maximum atomic E-state index is 12.6. The topological polar surface area (TPSA) is 42.0 Å². The van der Waals surface area contributed by atoms with E-state index < -0.39 is 0 Å². The Morgan fingerprint density at radius 1 is 1.29 bits per heavy atom. The van der Waals surface area contributed by atoms with Gasteiger partial charge in [0.05, 0.1) is 17.3 Å². The molecule has 108 valence electrons. The van der Waals surface area contributed by atoms with E-state index in [9.17, 15) is 4.79 Å². The maximum absolute atomic E-state index is 12.6. The third-order valence-electron chi connectivity index (χ3n) is 4.00. The van der Waals surface area contributed by atoms with Crippen LogP contribution in [-0.4, -0.2) is 10.9 Å². The summed E-state index contributed by atoms with van der Waals surface area (Å²) in [4.78, 5) is 16.8. The molecule has 0 bridgehead atoms. The van der Waals surface area contributed by atoms with E-state index in [0.717, 1.165) is 36.2 Å². The average Bonchev–Trinajstić information content (AvgIpc) is 2.49. The molecule has 21 heavy (non-hydrogen) atoms. The van der Waals surface area contributed by atoms with Crippen LogP contribution in [-0.2, 0) is 11.2 Å². The molecule has 0 saturated heterocycles. The summed E-state index contributed by atoms with van der Waals surface area (Å²) < 4.78 is 0. The number of pyridine rings is 1. The van der Waals surface area contributed by atoms with Crippen molar-refractivity contribution < 1.29 is 4.79 Å². The third-order valence-corrected chi connectivity index (χ3v) is 4.21. The van der Waals surface area contributed by atoms with Gasteiger partial charge in [-0.15, -0.1) is 0 Å². The Morgan fingerprint density at radius 2 is 2.10 bits per heavy atom. The van der Waals surface area contributed by atoms with E-state index in [-0.39, 0.29) is 11.8 Å². The summed E-state index contributed by atoms with van der Waals surface area (Å²) in [6.07, 6.45) is 3.00. The van der Waals surface area contributed by atoms with Gasteiger partial charge in [-0.25, -0.2) is 4.98 Å². The van der Waals surface area contributed by atoms with Gasteiger partial charge in [0.25, 0.3) is 0 Å². The van der Waals surface area contributed by atoms with Crippen LogP contribution >= 0.6 is 11.6 Å². The SMILES string of the molecule is Cc1nc(Cl)ccc1NC(=O)C1CCCc2ccccc21. The van der Waals surface area contributed by atoms with Gasteiger partial charge in [-0.1, -0.05) is 35.9 Å². The molecule has 0 aliphatic heterocycles. The first-order valence-corrected chi connectivity index (χ1v) is 7.55. The van der Waals surface area contributed by atoms with Crippen LogP contribution in [0.15, 0.2) is 36.4 Å². The molecule has 1 atom stereocenters. The highest BCUT2D eigenvalue weighted by molar-refractivity contribution is 6.29. The number of aromatic nitrogens is 1.